The first-order chi connectivity index (χ1) is 11.7. The van der Waals surface area contributed by atoms with Crippen LogP contribution in [-0.4, -0.2) is 59.3 Å². The van der Waals surface area contributed by atoms with Gasteiger partial charge in [-0.15, -0.1) is 0 Å². The molecule has 1 aliphatic heterocycles. The fourth-order valence-corrected chi connectivity index (χ4v) is 2.53. The molecule has 2 amide bonds. The lowest BCUT2D eigenvalue weighted by atomic mass is 9.94. The predicted octanol–water partition coefficient (Wildman–Crippen LogP) is 1.69. The lowest BCUT2D eigenvalue weighted by Crippen LogP contribution is -2.53. The van der Waals surface area contributed by atoms with Crippen LogP contribution in [0.5, 0.6) is 5.75 Å². The Morgan fingerprint density at radius 2 is 1.60 bits per heavy atom. The Hall–Kier alpha value is -2.64. The van der Waals surface area contributed by atoms with E-state index < -0.39 is 10.3 Å². The Morgan fingerprint density at radius 1 is 1.08 bits per heavy atom. The zero-order chi connectivity index (χ0) is 18.6. The van der Waals surface area contributed by atoms with Crippen LogP contribution in [-0.2, 0) is 9.59 Å². The molecule has 2 rings (SSSR count). The summed E-state index contributed by atoms with van der Waals surface area (Å²) in [6, 6.07) is 5.59. The Morgan fingerprint density at radius 3 is 2.08 bits per heavy atom. The van der Waals surface area contributed by atoms with E-state index in [4.69, 9.17) is 4.74 Å². The molecule has 0 aromatic heterocycles. The van der Waals surface area contributed by atoms with Crippen molar-refractivity contribution in [3.63, 3.8) is 0 Å². The zero-order valence-electron chi connectivity index (χ0n) is 14.7. The molecule has 1 fully saturated rings. The maximum Gasteiger partial charge on any atom is 0.269 e. The number of non-ortho nitro benzene ring substituents is 1. The van der Waals surface area contributed by atoms with Gasteiger partial charge in [-0.3, -0.25) is 19.7 Å². The predicted molar refractivity (Wildman–Crippen MR) is 91.2 cm³/mol. The molecule has 0 bridgehead atoms. The van der Waals surface area contributed by atoms with Gasteiger partial charge in [0.25, 0.3) is 11.6 Å². The van der Waals surface area contributed by atoms with E-state index in [9.17, 15) is 19.7 Å². The smallest absolute Gasteiger partial charge is 0.269 e. The molecule has 8 nitrogen and oxygen atoms in total. The van der Waals surface area contributed by atoms with Crippen molar-refractivity contribution >= 4 is 17.5 Å². The van der Waals surface area contributed by atoms with Crippen LogP contribution in [0.2, 0.25) is 0 Å². The van der Waals surface area contributed by atoms with E-state index in [-0.39, 0.29) is 24.1 Å². The van der Waals surface area contributed by atoms with Crippen molar-refractivity contribution in [2.75, 3.05) is 32.8 Å². The molecule has 0 spiro atoms. The van der Waals surface area contributed by atoms with Gasteiger partial charge in [0.15, 0.2) is 6.61 Å². The molecule has 8 heteroatoms. The van der Waals surface area contributed by atoms with Gasteiger partial charge >= 0.3 is 0 Å². The maximum atomic E-state index is 12.2. The molecule has 0 saturated carbocycles. The molecular formula is C17H23N3O5. The minimum Gasteiger partial charge on any atom is -0.484 e. The number of carbonyl (C=O) groups is 2. The van der Waals surface area contributed by atoms with Crippen LogP contribution in [0.3, 0.4) is 0 Å². The van der Waals surface area contributed by atoms with Crippen molar-refractivity contribution in [2.45, 2.75) is 20.8 Å². The fourth-order valence-electron chi connectivity index (χ4n) is 2.53. The third-order valence-electron chi connectivity index (χ3n) is 3.97. The van der Waals surface area contributed by atoms with Crippen molar-refractivity contribution in [2.24, 2.45) is 5.41 Å². The average molecular weight is 349 g/mol. The largest absolute Gasteiger partial charge is 0.484 e. The van der Waals surface area contributed by atoms with Crippen LogP contribution in [0.25, 0.3) is 0 Å². The van der Waals surface area contributed by atoms with E-state index in [2.05, 4.69) is 0 Å². The van der Waals surface area contributed by atoms with Gasteiger partial charge in [-0.1, -0.05) is 20.8 Å². The molecule has 0 atom stereocenters. The third kappa shape index (κ3) is 4.91. The summed E-state index contributed by atoms with van der Waals surface area (Å²) in [6.07, 6.45) is 0. The van der Waals surface area contributed by atoms with Gasteiger partial charge in [0, 0.05) is 43.7 Å². The summed E-state index contributed by atoms with van der Waals surface area (Å²) in [7, 11) is 0. The first-order valence-electron chi connectivity index (χ1n) is 8.13. The molecule has 0 aliphatic carbocycles. The van der Waals surface area contributed by atoms with E-state index in [1.165, 1.54) is 24.3 Å². The first-order valence-corrected chi connectivity index (χ1v) is 8.13. The summed E-state index contributed by atoms with van der Waals surface area (Å²) in [6.45, 7) is 7.49. The van der Waals surface area contributed by atoms with Gasteiger partial charge in [-0.05, 0) is 12.1 Å². The molecule has 1 aromatic rings. The molecule has 1 aromatic carbocycles. The van der Waals surface area contributed by atoms with Gasteiger partial charge in [0.05, 0.1) is 4.92 Å². The van der Waals surface area contributed by atoms with Crippen molar-refractivity contribution in [3.05, 3.63) is 34.4 Å². The van der Waals surface area contributed by atoms with Crippen LogP contribution >= 0.6 is 0 Å². The first kappa shape index (κ1) is 18.7. The highest BCUT2D eigenvalue weighted by Gasteiger charge is 2.30. The van der Waals surface area contributed by atoms with Crippen LogP contribution in [0.1, 0.15) is 20.8 Å². The number of nitro benzene ring substituents is 1. The van der Waals surface area contributed by atoms with Crippen LogP contribution in [0.15, 0.2) is 24.3 Å². The molecule has 25 heavy (non-hydrogen) atoms. The molecular weight excluding hydrogens is 326 g/mol. The third-order valence-corrected chi connectivity index (χ3v) is 3.97. The summed E-state index contributed by atoms with van der Waals surface area (Å²) in [5.74, 6) is 0.323. The monoisotopic (exact) mass is 349 g/mol. The molecule has 1 aliphatic rings. The number of piperazine rings is 1. The Labute approximate surface area is 146 Å². The summed E-state index contributed by atoms with van der Waals surface area (Å²) < 4.78 is 5.39. The average Bonchev–Trinajstić information content (AvgIpc) is 2.58. The van der Waals surface area contributed by atoms with E-state index in [0.29, 0.717) is 31.9 Å². The van der Waals surface area contributed by atoms with Crippen molar-refractivity contribution < 1.29 is 19.2 Å². The fraction of sp³-hybridized carbons (Fsp3) is 0.529. The summed E-state index contributed by atoms with van der Waals surface area (Å²) in [4.78, 5) is 38.0. The second-order valence-corrected chi connectivity index (χ2v) is 6.96. The molecule has 1 heterocycles. The highest BCUT2D eigenvalue weighted by molar-refractivity contribution is 5.82. The summed E-state index contributed by atoms with van der Waals surface area (Å²) in [5, 5.41) is 10.6. The summed E-state index contributed by atoms with van der Waals surface area (Å²) >= 11 is 0. The van der Waals surface area contributed by atoms with Gasteiger partial charge in [0.1, 0.15) is 5.75 Å². The van der Waals surface area contributed by atoms with E-state index >= 15 is 0 Å². The molecule has 136 valence electrons. The van der Waals surface area contributed by atoms with Crippen molar-refractivity contribution in [3.8, 4) is 5.75 Å². The zero-order valence-corrected chi connectivity index (χ0v) is 14.7. The minimum atomic E-state index is -0.493. The molecule has 1 saturated heterocycles. The number of hydrogen-bond acceptors (Lipinski definition) is 5. The minimum absolute atomic E-state index is 0.0293. The van der Waals surface area contributed by atoms with E-state index in [0.717, 1.165) is 0 Å². The quantitative estimate of drug-likeness (QED) is 0.609. The SMILES string of the molecule is CC(C)(C)C(=O)N1CCN(C(=O)COc2ccc([N+](=O)[O-])cc2)CC1. The summed E-state index contributed by atoms with van der Waals surface area (Å²) in [5.41, 5.74) is -0.455. The van der Waals surface area contributed by atoms with Gasteiger partial charge in [-0.25, -0.2) is 0 Å². The van der Waals surface area contributed by atoms with Gasteiger partial charge in [-0.2, -0.15) is 0 Å². The number of nitrogens with zero attached hydrogens (tertiary/aromatic N) is 3. The molecule has 0 radical (unpaired) electrons. The van der Waals surface area contributed by atoms with E-state index in [1.54, 1.807) is 9.80 Å². The van der Waals surface area contributed by atoms with Gasteiger partial charge in [0.2, 0.25) is 5.91 Å². The van der Waals surface area contributed by atoms with E-state index in [1.807, 2.05) is 20.8 Å². The number of rotatable bonds is 4. The van der Waals surface area contributed by atoms with Gasteiger partial charge < -0.3 is 14.5 Å². The lowest BCUT2D eigenvalue weighted by molar-refractivity contribution is -0.384. The number of carbonyl (C=O) groups excluding carboxylic acids is 2. The number of nitro groups is 1. The number of ether oxygens (including phenoxy) is 1. The van der Waals surface area contributed by atoms with Crippen LogP contribution in [0.4, 0.5) is 5.69 Å². The normalized spacial score (nSPS) is 15.0. The lowest BCUT2D eigenvalue weighted by Gasteiger charge is -2.37. The van der Waals surface area contributed by atoms with Crippen molar-refractivity contribution in [1.82, 2.24) is 9.80 Å². The Bertz CT molecular complexity index is 643. The molecule has 0 N–H and O–H groups in total. The van der Waals surface area contributed by atoms with Crippen molar-refractivity contribution in [1.29, 1.82) is 0 Å². The Kier molecular flexibility index (Phi) is 5.61. The number of hydrogen-bond donors (Lipinski definition) is 0. The van der Waals surface area contributed by atoms with Crippen LogP contribution < -0.4 is 4.74 Å². The second kappa shape index (κ2) is 7.50. The standard InChI is InChI=1S/C17H23N3O5/c1-17(2,3)16(22)19-10-8-18(9-11-19)15(21)12-25-14-6-4-13(5-7-14)20(23)24/h4-7H,8-12H2,1-3H3. The highest BCUT2D eigenvalue weighted by atomic mass is 16.6. The maximum absolute atomic E-state index is 12.2. The highest BCUT2D eigenvalue weighted by Crippen LogP contribution is 2.19. The van der Waals surface area contributed by atoms with Crippen LogP contribution in [0, 0.1) is 15.5 Å². The Balaban J connectivity index is 1.81. The molecule has 0 unspecified atom stereocenters. The topological polar surface area (TPSA) is 93.0 Å². The number of amides is 2. The second-order valence-electron chi connectivity index (χ2n) is 6.96. The number of benzene rings is 1.